The molecule has 2 unspecified atom stereocenters. The predicted octanol–water partition coefficient (Wildman–Crippen LogP) is 12.4. The van der Waals surface area contributed by atoms with E-state index in [2.05, 4.69) is 190 Å². The van der Waals surface area contributed by atoms with Crippen molar-refractivity contribution in [1.82, 2.24) is 39.2 Å². The number of likely N-dealkylation sites (tertiary alicyclic amines) is 5. The minimum atomic E-state index is 0.0447. The number of hydrogen-bond donors (Lipinski definition) is 0. The average molecular weight is 1290 g/mol. The van der Waals surface area contributed by atoms with Crippen molar-refractivity contribution >= 4 is 5.69 Å². The van der Waals surface area contributed by atoms with Gasteiger partial charge in [-0.15, -0.1) is 0 Å². The molecule has 1 aliphatic carbocycles. The number of likely N-dealkylation sites (N-methyl/N-ethyl adjacent to an activating group) is 3. The summed E-state index contributed by atoms with van der Waals surface area (Å²) in [5.74, 6) is 3.99. The van der Waals surface area contributed by atoms with Gasteiger partial charge in [-0.2, -0.15) is 0 Å². The molecule has 11 aliphatic rings. The SMILES string of the molecule is CN1CC2CCC(C1)C21OCc2ccccc21.CN1CCC(N2CCCCC2)CC1.CN1CCC2(CC1)OCc1ccccc12.CN1CCCCCC1.CN1CCc2ccccc2C1.COc1cc2c(cc1OC)CN(C)CC2.COc1ccc(N2CCN(C)CC2)cc1. The number of methoxy groups -OCH3 is 3. The third-order valence-corrected chi connectivity index (χ3v) is 22.4. The van der Waals surface area contributed by atoms with Crippen molar-refractivity contribution in [2.75, 3.05) is 180 Å². The monoisotopic (exact) mass is 1290 g/mol. The Labute approximate surface area is 568 Å². The van der Waals surface area contributed by atoms with Gasteiger partial charge in [0.1, 0.15) is 11.4 Å². The van der Waals surface area contributed by atoms with Gasteiger partial charge in [0.25, 0.3) is 0 Å². The van der Waals surface area contributed by atoms with E-state index in [9.17, 15) is 0 Å². The fourth-order valence-corrected chi connectivity index (χ4v) is 16.6. The van der Waals surface area contributed by atoms with Gasteiger partial charge in [-0.1, -0.05) is 92.1 Å². The Bertz CT molecular complexity index is 3020. The Kier molecular flexibility index (Phi) is 27.0. The van der Waals surface area contributed by atoms with Gasteiger partial charge in [0.2, 0.25) is 0 Å². The van der Waals surface area contributed by atoms with E-state index in [0.29, 0.717) is 11.8 Å². The summed E-state index contributed by atoms with van der Waals surface area (Å²) in [6.07, 6.45) is 20.1. The molecule has 2 bridgehead atoms. The lowest BCUT2D eigenvalue weighted by molar-refractivity contribution is -0.127. The Morgan fingerprint density at radius 3 is 1.47 bits per heavy atom. The number of hydrogen-bond acceptors (Lipinski definition) is 14. The molecular formula is C80H121N9O5. The maximum absolute atomic E-state index is 6.36. The molecule has 94 heavy (non-hydrogen) atoms. The Balaban J connectivity index is 0.000000121. The van der Waals surface area contributed by atoms with Gasteiger partial charge >= 0.3 is 0 Å². The average Bonchev–Trinajstić information content (AvgIpc) is 1.56. The number of piperazine rings is 1. The van der Waals surface area contributed by atoms with Crippen LogP contribution in [0.25, 0.3) is 0 Å². The van der Waals surface area contributed by atoms with E-state index >= 15 is 0 Å². The summed E-state index contributed by atoms with van der Waals surface area (Å²) in [6.45, 7) is 23.3. The van der Waals surface area contributed by atoms with Gasteiger partial charge in [0.15, 0.2) is 11.5 Å². The van der Waals surface area contributed by atoms with Crippen LogP contribution >= 0.6 is 0 Å². The van der Waals surface area contributed by atoms with Crippen molar-refractivity contribution in [3.63, 3.8) is 0 Å². The molecule has 10 aliphatic heterocycles. The van der Waals surface area contributed by atoms with Crippen LogP contribution in [0.5, 0.6) is 17.2 Å². The maximum Gasteiger partial charge on any atom is 0.161 e. The molecule has 2 atom stereocenters. The van der Waals surface area contributed by atoms with Crippen LogP contribution in [0.4, 0.5) is 5.69 Å². The predicted molar refractivity (Wildman–Crippen MR) is 387 cm³/mol. The topological polar surface area (TPSA) is 75.3 Å². The van der Waals surface area contributed by atoms with Crippen LogP contribution < -0.4 is 19.1 Å². The van der Waals surface area contributed by atoms with Crippen molar-refractivity contribution in [1.29, 1.82) is 0 Å². The number of ether oxygens (including phenoxy) is 5. The zero-order chi connectivity index (χ0) is 65.9. The Morgan fingerprint density at radius 1 is 0.383 bits per heavy atom. The second kappa shape index (κ2) is 35.4. The number of benzene rings is 5. The maximum atomic E-state index is 6.36. The molecule has 1 saturated carbocycles. The first-order valence-electron chi connectivity index (χ1n) is 36.4. The molecule has 5 aromatic carbocycles. The van der Waals surface area contributed by atoms with Gasteiger partial charge in [-0.3, -0.25) is 0 Å². The summed E-state index contributed by atoms with van der Waals surface area (Å²) in [4.78, 5) is 21.9. The van der Waals surface area contributed by atoms with Crippen LogP contribution in [0.2, 0.25) is 0 Å². The molecule has 0 radical (unpaired) electrons. The summed E-state index contributed by atoms with van der Waals surface area (Å²) in [7, 11) is 20.4. The quantitative estimate of drug-likeness (QED) is 0.168. The largest absolute Gasteiger partial charge is 0.497 e. The van der Waals surface area contributed by atoms with Crippen LogP contribution in [0.15, 0.2) is 109 Å². The fraction of sp³-hybridized carbons (Fsp3) is 0.625. The van der Waals surface area contributed by atoms with Gasteiger partial charge in [0.05, 0.1) is 40.1 Å². The Morgan fingerprint density at radius 2 is 0.862 bits per heavy atom. The second-order valence-corrected chi connectivity index (χ2v) is 29.2. The lowest BCUT2D eigenvalue weighted by atomic mass is 9.75. The summed E-state index contributed by atoms with van der Waals surface area (Å²) < 4.78 is 28.2. The van der Waals surface area contributed by atoms with Crippen LogP contribution in [0.3, 0.4) is 0 Å². The van der Waals surface area contributed by atoms with E-state index in [4.69, 9.17) is 23.7 Å². The molecule has 16 rings (SSSR count). The summed E-state index contributed by atoms with van der Waals surface area (Å²) >= 11 is 0. The van der Waals surface area contributed by atoms with Crippen molar-refractivity contribution < 1.29 is 23.7 Å². The number of fused-ring (bicyclic) bond motifs is 5. The first kappa shape index (κ1) is 71.7. The molecule has 7 fully saturated rings. The van der Waals surface area contributed by atoms with Gasteiger partial charge in [0, 0.05) is 102 Å². The summed E-state index contributed by atoms with van der Waals surface area (Å²) in [5, 5.41) is 0. The van der Waals surface area contributed by atoms with E-state index in [1.807, 2.05) is 12.1 Å². The summed E-state index contributed by atoms with van der Waals surface area (Å²) in [6, 6.07) is 39.7. The highest BCUT2D eigenvalue weighted by Crippen LogP contribution is 2.57. The molecule has 0 amide bonds. The Hall–Kier alpha value is -5.10. The zero-order valence-electron chi connectivity index (χ0n) is 59.9. The molecule has 2 spiro atoms. The molecular weight excluding hydrogens is 1170 g/mol. The molecule has 0 aromatic heterocycles. The van der Waals surface area contributed by atoms with Gasteiger partial charge in [-0.25, -0.2) is 0 Å². The number of anilines is 1. The summed E-state index contributed by atoms with van der Waals surface area (Å²) in [5.41, 5.74) is 12.9. The van der Waals surface area contributed by atoms with E-state index < -0.39 is 0 Å². The molecule has 6 saturated heterocycles. The van der Waals surface area contributed by atoms with Crippen molar-refractivity contribution in [2.24, 2.45) is 11.8 Å². The lowest BCUT2D eigenvalue weighted by Crippen LogP contribution is -2.50. The molecule has 10 heterocycles. The third kappa shape index (κ3) is 19.0. The zero-order valence-corrected chi connectivity index (χ0v) is 59.9. The first-order chi connectivity index (χ1) is 45.8. The van der Waals surface area contributed by atoms with Crippen molar-refractivity contribution in [3.05, 3.63) is 154 Å². The minimum absolute atomic E-state index is 0.0447. The van der Waals surface area contributed by atoms with Gasteiger partial charge < -0.3 is 67.8 Å². The molecule has 14 heteroatoms. The highest BCUT2D eigenvalue weighted by molar-refractivity contribution is 5.50. The fourth-order valence-electron chi connectivity index (χ4n) is 16.6. The van der Waals surface area contributed by atoms with E-state index in [0.717, 1.165) is 115 Å². The second-order valence-electron chi connectivity index (χ2n) is 29.2. The van der Waals surface area contributed by atoms with E-state index in [1.165, 1.54) is 186 Å². The highest BCUT2D eigenvalue weighted by atomic mass is 16.5. The van der Waals surface area contributed by atoms with Gasteiger partial charge in [-0.05, 0) is 247 Å². The molecule has 0 N–H and O–H groups in total. The van der Waals surface area contributed by atoms with E-state index in [-0.39, 0.29) is 11.2 Å². The number of nitrogens with zero attached hydrogens (tertiary/aromatic N) is 9. The molecule has 516 valence electrons. The molecule has 5 aromatic rings. The van der Waals surface area contributed by atoms with Crippen LogP contribution in [-0.2, 0) is 59.8 Å². The first-order valence-corrected chi connectivity index (χ1v) is 36.4. The lowest BCUT2D eigenvalue weighted by Gasteiger charge is -2.44. The standard InChI is InChI=1S/C15H19NO.C13H17NO.C12H18N2O.C12H17NO2.C11H22N2.C10H13N.C7H15N/c1-16-8-12-6-7-13(9-16)15(12)14-5-3-2-4-11(14)10-17-15;1-14-8-6-13(7-9-14)12-5-3-2-4-11(12)10-15-13;1-13-7-9-14(10-8-13)11-3-5-12(15-2)6-4-11;1-13-5-4-9-6-11(14-2)12(15-3)7-10(9)8-13;1-12-9-5-11(6-10-12)13-7-3-2-4-8-13;1-11-7-6-9-4-2-3-5-10(9)8-11;1-8-6-4-2-3-5-7-8/h2-5,12-13H,6-10H2,1H3;2-5H,6-10H2,1H3;3-6H,7-10H2,1-2H3;6-7H,4-5,8H2,1-3H3;11H,2-10H2,1H3;2-5H,6-8H2,1H3;2-7H2,1H3. The minimum Gasteiger partial charge on any atom is -0.497 e. The van der Waals surface area contributed by atoms with E-state index in [1.54, 1.807) is 21.3 Å². The normalized spacial score (nSPS) is 24.8. The van der Waals surface area contributed by atoms with Crippen molar-refractivity contribution in [2.45, 2.75) is 140 Å². The molecule has 14 nitrogen and oxygen atoms in total. The van der Waals surface area contributed by atoms with Crippen LogP contribution in [-0.4, -0.2) is 221 Å². The van der Waals surface area contributed by atoms with Crippen LogP contribution in [0.1, 0.15) is 128 Å². The smallest absolute Gasteiger partial charge is 0.161 e. The highest BCUT2D eigenvalue weighted by Gasteiger charge is 2.58. The number of rotatable bonds is 5. The van der Waals surface area contributed by atoms with Crippen LogP contribution in [0, 0.1) is 11.8 Å². The third-order valence-electron chi connectivity index (χ3n) is 22.4. The van der Waals surface area contributed by atoms with Crippen molar-refractivity contribution in [3.8, 4) is 17.2 Å². The number of piperidine rings is 4.